The number of benzene rings is 2. The molecular weight excluding hydrogens is 368 g/mol. The van der Waals surface area contributed by atoms with Crippen LogP contribution in [0.15, 0.2) is 48.5 Å². The molecule has 2 aromatic carbocycles. The molecule has 3 rings (SSSR count). The quantitative estimate of drug-likeness (QED) is 0.740. The van der Waals surface area contributed by atoms with Crippen molar-refractivity contribution in [3.8, 4) is 0 Å². The number of aryl methyl sites for hydroxylation is 1. The Morgan fingerprint density at radius 1 is 1.04 bits per heavy atom. The lowest BCUT2D eigenvalue weighted by Crippen LogP contribution is -2.37. The molecule has 0 spiro atoms. The second kappa shape index (κ2) is 9.58. The fourth-order valence-corrected chi connectivity index (χ4v) is 3.83. The molecule has 2 aromatic rings. The van der Waals surface area contributed by atoms with Gasteiger partial charge in [0, 0.05) is 12.1 Å². The molecule has 1 saturated heterocycles. The van der Waals surface area contributed by atoms with Crippen LogP contribution in [0.2, 0.25) is 0 Å². The summed E-state index contributed by atoms with van der Waals surface area (Å²) in [6.07, 6.45) is 2.48. The van der Waals surface area contributed by atoms with Crippen molar-refractivity contribution < 1.29 is 4.79 Å². The Bertz CT molecular complexity index is 774. The molecule has 0 aliphatic carbocycles. The maximum Gasteiger partial charge on any atom is 0.251 e. The number of rotatable bonds is 5. The predicted molar refractivity (Wildman–Crippen MR) is 119 cm³/mol. The number of nitrogens with zero attached hydrogens (tertiary/aromatic N) is 1. The molecule has 4 heteroatoms. The average Bonchev–Trinajstić information content (AvgIpc) is 3.16. The van der Waals surface area contributed by atoms with Gasteiger partial charge in [0.1, 0.15) is 0 Å². The first kappa shape index (κ1) is 22.4. The van der Waals surface area contributed by atoms with Gasteiger partial charge in [0.25, 0.3) is 5.91 Å². The first-order valence-electron chi connectivity index (χ1n) is 10.0. The second-order valence-electron chi connectivity index (χ2n) is 8.66. The summed E-state index contributed by atoms with van der Waals surface area (Å²) in [6, 6.07) is 17.0. The zero-order chi connectivity index (χ0) is 19.4. The molecule has 1 amide bonds. The third kappa shape index (κ3) is 5.36. The van der Waals surface area contributed by atoms with Gasteiger partial charge >= 0.3 is 0 Å². The van der Waals surface area contributed by atoms with Crippen molar-refractivity contribution >= 4 is 18.3 Å². The maximum absolute atomic E-state index is 12.7. The van der Waals surface area contributed by atoms with Crippen LogP contribution in [0.25, 0.3) is 0 Å². The number of carbonyl (C=O) groups excluding carboxylic acids is 1. The zero-order valence-electron chi connectivity index (χ0n) is 17.5. The summed E-state index contributed by atoms with van der Waals surface area (Å²) in [5.41, 5.74) is 4.56. The molecule has 152 valence electrons. The van der Waals surface area contributed by atoms with Crippen molar-refractivity contribution in [3.63, 3.8) is 0 Å². The van der Waals surface area contributed by atoms with E-state index in [1.807, 2.05) is 31.2 Å². The van der Waals surface area contributed by atoms with E-state index in [-0.39, 0.29) is 29.8 Å². The fourth-order valence-electron chi connectivity index (χ4n) is 3.83. The molecule has 0 radical (unpaired) electrons. The number of halogens is 1. The van der Waals surface area contributed by atoms with E-state index in [0.717, 1.165) is 24.2 Å². The maximum atomic E-state index is 12.7. The first-order valence-corrected chi connectivity index (χ1v) is 10.0. The Hall–Kier alpha value is -1.84. The van der Waals surface area contributed by atoms with Crippen LogP contribution in [0.4, 0.5) is 0 Å². The molecule has 1 aliphatic heterocycles. The third-order valence-corrected chi connectivity index (χ3v) is 5.59. The molecule has 0 bridgehead atoms. The van der Waals surface area contributed by atoms with Crippen LogP contribution in [0.3, 0.4) is 0 Å². The fraction of sp³-hybridized carbons (Fsp3) is 0.458. The molecule has 3 nitrogen and oxygen atoms in total. The summed E-state index contributed by atoms with van der Waals surface area (Å²) in [6.45, 7) is 11.5. The highest BCUT2D eigenvalue weighted by molar-refractivity contribution is 5.95. The van der Waals surface area contributed by atoms with E-state index in [9.17, 15) is 4.79 Å². The molecule has 1 N–H and O–H groups in total. The van der Waals surface area contributed by atoms with Crippen molar-refractivity contribution in [2.75, 3.05) is 19.6 Å². The summed E-state index contributed by atoms with van der Waals surface area (Å²) in [7, 11) is 0. The van der Waals surface area contributed by atoms with E-state index >= 15 is 0 Å². The summed E-state index contributed by atoms with van der Waals surface area (Å²) >= 11 is 0. The Balaban J connectivity index is 0.00000280. The Morgan fingerprint density at radius 2 is 1.64 bits per heavy atom. The lowest BCUT2D eigenvalue weighted by atomic mass is 9.86. The average molecular weight is 401 g/mol. The Kier molecular flexibility index (Phi) is 7.68. The monoisotopic (exact) mass is 400 g/mol. The van der Waals surface area contributed by atoms with Gasteiger partial charge in [-0.1, -0.05) is 63.2 Å². The largest absolute Gasteiger partial charge is 0.350 e. The van der Waals surface area contributed by atoms with E-state index in [4.69, 9.17) is 0 Å². The highest BCUT2D eigenvalue weighted by Crippen LogP contribution is 2.28. The minimum Gasteiger partial charge on any atom is -0.350 e. The highest BCUT2D eigenvalue weighted by atomic mass is 35.5. The lowest BCUT2D eigenvalue weighted by Gasteiger charge is -2.29. The van der Waals surface area contributed by atoms with Crippen molar-refractivity contribution in [1.29, 1.82) is 0 Å². The number of amides is 1. The molecule has 0 aromatic heterocycles. The number of carbonyl (C=O) groups is 1. The van der Waals surface area contributed by atoms with Gasteiger partial charge in [-0.2, -0.15) is 0 Å². The molecular formula is C24H33ClN2O. The van der Waals surface area contributed by atoms with Crippen molar-refractivity contribution in [1.82, 2.24) is 10.2 Å². The van der Waals surface area contributed by atoms with E-state index in [2.05, 4.69) is 55.3 Å². The van der Waals surface area contributed by atoms with Gasteiger partial charge in [0.15, 0.2) is 0 Å². The standard InChI is InChI=1S/C24H32N2O.ClH/c1-18-9-5-6-10-21(18)23(27)25-17-22(26-15-7-8-16-26)19-11-13-20(14-12-19)24(2,3)4;/h5-6,9-14,22H,7-8,15-17H2,1-4H3,(H,25,27);1H. The normalized spacial score (nSPS) is 15.7. The number of likely N-dealkylation sites (tertiary alicyclic amines) is 1. The minimum atomic E-state index is 0. The minimum absolute atomic E-state index is 0. The number of nitrogens with one attached hydrogen (secondary N) is 1. The SMILES string of the molecule is Cc1ccccc1C(=O)NCC(c1ccc(C(C)(C)C)cc1)N1CCCC1.Cl. The summed E-state index contributed by atoms with van der Waals surface area (Å²) in [5.74, 6) is 0.0172. The molecule has 1 unspecified atom stereocenters. The lowest BCUT2D eigenvalue weighted by molar-refractivity contribution is 0.0937. The third-order valence-electron chi connectivity index (χ3n) is 5.59. The molecule has 1 aliphatic rings. The van der Waals surface area contributed by atoms with Crippen LogP contribution in [-0.2, 0) is 5.41 Å². The summed E-state index contributed by atoms with van der Waals surface area (Å²) in [4.78, 5) is 15.2. The van der Waals surface area contributed by atoms with Crippen LogP contribution in [0.1, 0.15) is 66.7 Å². The van der Waals surface area contributed by atoms with Gasteiger partial charge < -0.3 is 5.32 Å². The molecule has 0 saturated carbocycles. The summed E-state index contributed by atoms with van der Waals surface area (Å²) in [5, 5.41) is 3.18. The van der Waals surface area contributed by atoms with E-state index in [1.165, 1.54) is 24.0 Å². The Labute approximate surface area is 175 Å². The van der Waals surface area contributed by atoms with Gasteiger partial charge in [-0.3, -0.25) is 9.69 Å². The predicted octanol–water partition coefficient (Wildman–Crippen LogP) is 5.28. The van der Waals surface area contributed by atoms with Crippen molar-refractivity contribution in [2.24, 2.45) is 0 Å². The van der Waals surface area contributed by atoms with Crippen LogP contribution >= 0.6 is 12.4 Å². The first-order chi connectivity index (χ1) is 12.9. The molecule has 1 atom stereocenters. The van der Waals surface area contributed by atoms with E-state index < -0.39 is 0 Å². The van der Waals surface area contributed by atoms with Crippen molar-refractivity contribution in [2.45, 2.75) is 52.0 Å². The molecule has 28 heavy (non-hydrogen) atoms. The van der Waals surface area contributed by atoms with Crippen LogP contribution in [0, 0.1) is 6.92 Å². The smallest absolute Gasteiger partial charge is 0.251 e. The van der Waals surface area contributed by atoms with Gasteiger partial charge in [0.2, 0.25) is 0 Å². The number of hydrogen-bond acceptors (Lipinski definition) is 2. The van der Waals surface area contributed by atoms with Gasteiger partial charge in [0.05, 0.1) is 6.04 Å². The topological polar surface area (TPSA) is 32.3 Å². The zero-order valence-corrected chi connectivity index (χ0v) is 18.3. The van der Waals surface area contributed by atoms with Gasteiger partial charge in [-0.25, -0.2) is 0 Å². The summed E-state index contributed by atoms with van der Waals surface area (Å²) < 4.78 is 0. The molecule has 1 heterocycles. The molecule has 1 fully saturated rings. The van der Waals surface area contributed by atoms with E-state index in [1.54, 1.807) is 0 Å². The second-order valence-corrected chi connectivity index (χ2v) is 8.66. The van der Waals surface area contributed by atoms with Crippen LogP contribution in [-0.4, -0.2) is 30.4 Å². The highest BCUT2D eigenvalue weighted by Gasteiger charge is 2.25. The number of hydrogen-bond donors (Lipinski definition) is 1. The van der Waals surface area contributed by atoms with Gasteiger partial charge in [-0.05, 0) is 61.0 Å². The van der Waals surface area contributed by atoms with Gasteiger partial charge in [-0.15, -0.1) is 12.4 Å². The van der Waals surface area contributed by atoms with E-state index in [0.29, 0.717) is 6.54 Å². The van der Waals surface area contributed by atoms with Crippen LogP contribution < -0.4 is 5.32 Å². The van der Waals surface area contributed by atoms with Crippen molar-refractivity contribution in [3.05, 3.63) is 70.8 Å². The van der Waals surface area contributed by atoms with Crippen LogP contribution in [0.5, 0.6) is 0 Å². The Morgan fingerprint density at radius 3 is 2.21 bits per heavy atom.